The van der Waals surface area contributed by atoms with Gasteiger partial charge in [-0.3, -0.25) is 0 Å². The minimum Gasteiger partial charge on any atom is -0.508 e. The van der Waals surface area contributed by atoms with Crippen LogP contribution in [0.2, 0.25) is 0 Å². The molecule has 94 valence electrons. The van der Waals surface area contributed by atoms with Crippen molar-refractivity contribution in [3.63, 3.8) is 0 Å². The molecule has 0 unspecified atom stereocenters. The van der Waals surface area contributed by atoms with Crippen LogP contribution in [0.25, 0.3) is 0 Å². The molecule has 0 aliphatic carbocycles. The predicted octanol–water partition coefficient (Wildman–Crippen LogP) is 3.18. The van der Waals surface area contributed by atoms with Gasteiger partial charge in [-0.05, 0) is 32.9 Å². The molecule has 0 heterocycles. The first kappa shape index (κ1) is 13.8. The number of rotatable bonds is 2. The number of carbonyl (C=O) groups excluding carboxylic acids is 1. The Morgan fingerprint density at radius 1 is 1.47 bits per heavy atom. The Morgan fingerprint density at radius 2 is 2.12 bits per heavy atom. The second-order valence-electron chi connectivity index (χ2n) is 4.59. The van der Waals surface area contributed by atoms with E-state index in [1.165, 1.54) is 0 Å². The van der Waals surface area contributed by atoms with E-state index in [2.05, 4.69) is 21.2 Å². The number of phenols is 1. The summed E-state index contributed by atoms with van der Waals surface area (Å²) in [5.74, 6) is 0.135. The van der Waals surface area contributed by atoms with Gasteiger partial charge in [0.2, 0.25) is 0 Å². The van der Waals surface area contributed by atoms with Gasteiger partial charge in [-0.25, -0.2) is 4.79 Å². The highest BCUT2D eigenvalue weighted by Gasteiger charge is 2.16. The summed E-state index contributed by atoms with van der Waals surface area (Å²) >= 11 is 3.31. The molecule has 1 aromatic carbocycles. The molecule has 0 saturated heterocycles. The van der Waals surface area contributed by atoms with E-state index >= 15 is 0 Å². The van der Waals surface area contributed by atoms with E-state index in [4.69, 9.17) is 4.74 Å². The fraction of sp³-hybridized carbons (Fsp3) is 0.417. The van der Waals surface area contributed by atoms with Crippen LogP contribution < -0.4 is 5.32 Å². The third-order valence-electron chi connectivity index (χ3n) is 1.90. The van der Waals surface area contributed by atoms with Gasteiger partial charge < -0.3 is 15.2 Å². The Labute approximate surface area is 109 Å². The number of amides is 1. The Morgan fingerprint density at radius 3 is 2.65 bits per heavy atom. The molecule has 0 aliphatic heterocycles. The highest BCUT2D eigenvalue weighted by molar-refractivity contribution is 9.10. The van der Waals surface area contributed by atoms with E-state index in [9.17, 15) is 9.90 Å². The molecule has 1 rings (SSSR count). The minimum absolute atomic E-state index is 0.135. The molecule has 17 heavy (non-hydrogen) atoms. The Balaban J connectivity index is 2.59. The van der Waals surface area contributed by atoms with E-state index in [1.54, 1.807) is 39.0 Å². The van der Waals surface area contributed by atoms with E-state index in [0.29, 0.717) is 5.56 Å². The molecule has 0 radical (unpaired) electrons. The van der Waals surface area contributed by atoms with Crippen LogP contribution in [-0.4, -0.2) is 16.8 Å². The van der Waals surface area contributed by atoms with Gasteiger partial charge in [0, 0.05) is 10.0 Å². The molecule has 0 bridgehead atoms. The van der Waals surface area contributed by atoms with Gasteiger partial charge in [-0.15, -0.1) is 0 Å². The van der Waals surface area contributed by atoms with Crippen molar-refractivity contribution in [3.05, 3.63) is 28.2 Å². The number of nitrogens with one attached hydrogen (secondary N) is 1. The lowest BCUT2D eigenvalue weighted by molar-refractivity contribution is 0.0523. The topological polar surface area (TPSA) is 58.6 Å². The van der Waals surface area contributed by atoms with Crippen LogP contribution in [0.15, 0.2) is 22.7 Å². The zero-order valence-electron chi connectivity index (χ0n) is 10.1. The number of benzene rings is 1. The van der Waals surface area contributed by atoms with Crippen molar-refractivity contribution in [2.24, 2.45) is 0 Å². The van der Waals surface area contributed by atoms with E-state index in [0.717, 1.165) is 4.47 Å². The van der Waals surface area contributed by atoms with E-state index in [1.807, 2.05) is 0 Å². The summed E-state index contributed by atoms with van der Waals surface area (Å²) in [5.41, 5.74) is 0.0958. The van der Waals surface area contributed by atoms with E-state index in [-0.39, 0.29) is 12.3 Å². The van der Waals surface area contributed by atoms with Crippen LogP contribution >= 0.6 is 15.9 Å². The minimum atomic E-state index is -0.528. The number of hydrogen-bond acceptors (Lipinski definition) is 3. The molecular formula is C12H16BrNO3. The lowest BCUT2D eigenvalue weighted by Crippen LogP contribution is -2.32. The van der Waals surface area contributed by atoms with Crippen LogP contribution in [0.3, 0.4) is 0 Å². The maximum Gasteiger partial charge on any atom is 0.407 e. The normalized spacial score (nSPS) is 11.1. The predicted molar refractivity (Wildman–Crippen MR) is 68.9 cm³/mol. The van der Waals surface area contributed by atoms with Crippen molar-refractivity contribution < 1.29 is 14.6 Å². The van der Waals surface area contributed by atoms with Crippen LogP contribution in [0.1, 0.15) is 26.3 Å². The van der Waals surface area contributed by atoms with Crippen molar-refractivity contribution in [2.45, 2.75) is 32.9 Å². The maximum atomic E-state index is 11.4. The molecule has 4 nitrogen and oxygen atoms in total. The largest absolute Gasteiger partial charge is 0.508 e. The van der Waals surface area contributed by atoms with Crippen LogP contribution in [-0.2, 0) is 11.3 Å². The standard InChI is InChI=1S/C12H16BrNO3/c1-12(2,3)17-11(16)14-7-8-9(13)5-4-6-10(8)15/h4-6,15H,7H2,1-3H3,(H,14,16). The molecule has 0 spiro atoms. The smallest absolute Gasteiger partial charge is 0.407 e. The Hall–Kier alpha value is -1.23. The summed E-state index contributed by atoms with van der Waals surface area (Å²) in [7, 11) is 0. The molecule has 1 aromatic rings. The van der Waals surface area contributed by atoms with Crippen LogP contribution in [0.5, 0.6) is 5.75 Å². The molecule has 0 aliphatic rings. The summed E-state index contributed by atoms with van der Waals surface area (Å²) in [5, 5.41) is 12.2. The number of ether oxygens (including phenoxy) is 1. The Kier molecular flexibility index (Phi) is 4.40. The zero-order chi connectivity index (χ0) is 13.1. The second kappa shape index (κ2) is 5.40. The highest BCUT2D eigenvalue weighted by atomic mass is 79.9. The monoisotopic (exact) mass is 301 g/mol. The molecular weight excluding hydrogens is 286 g/mol. The number of halogens is 1. The van der Waals surface area contributed by atoms with Gasteiger partial charge in [0.15, 0.2) is 0 Å². The zero-order valence-corrected chi connectivity index (χ0v) is 11.7. The third kappa shape index (κ3) is 4.65. The van der Waals surface area contributed by atoms with Gasteiger partial charge >= 0.3 is 6.09 Å². The molecule has 0 aromatic heterocycles. The number of phenolic OH excluding ortho intramolecular Hbond substituents is 1. The summed E-state index contributed by atoms with van der Waals surface area (Å²) in [6, 6.07) is 5.08. The maximum absolute atomic E-state index is 11.4. The van der Waals surface area contributed by atoms with Crippen molar-refractivity contribution in [1.82, 2.24) is 5.32 Å². The van der Waals surface area contributed by atoms with Crippen LogP contribution in [0, 0.1) is 0 Å². The molecule has 0 saturated carbocycles. The van der Waals surface area contributed by atoms with Gasteiger partial charge in [0.25, 0.3) is 0 Å². The summed E-state index contributed by atoms with van der Waals surface area (Å²) in [6.45, 7) is 5.59. The fourth-order valence-electron chi connectivity index (χ4n) is 1.20. The Bertz CT molecular complexity index is 392. The SMILES string of the molecule is CC(C)(C)OC(=O)NCc1c(O)cccc1Br. The fourth-order valence-corrected chi connectivity index (χ4v) is 1.69. The average molecular weight is 302 g/mol. The average Bonchev–Trinajstić information content (AvgIpc) is 2.14. The number of aromatic hydroxyl groups is 1. The van der Waals surface area contributed by atoms with Crippen molar-refractivity contribution in [2.75, 3.05) is 0 Å². The second-order valence-corrected chi connectivity index (χ2v) is 5.45. The quantitative estimate of drug-likeness (QED) is 0.882. The molecule has 2 N–H and O–H groups in total. The molecule has 1 amide bonds. The van der Waals surface area contributed by atoms with Crippen molar-refractivity contribution in [1.29, 1.82) is 0 Å². The summed E-state index contributed by atoms with van der Waals surface area (Å²) < 4.78 is 5.84. The summed E-state index contributed by atoms with van der Waals surface area (Å²) in [4.78, 5) is 11.4. The van der Waals surface area contributed by atoms with Gasteiger partial charge in [-0.2, -0.15) is 0 Å². The van der Waals surface area contributed by atoms with Crippen molar-refractivity contribution in [3.8, 4) is 5.75 Å². The number of carbonyl (C=O) groups is 1. The lowest BCUT2D eigenvalue weighted by Gasteiger charge is -2.20. The lowest BCUT2D eigenvalue weighted by atomic mass is 10.2. The van der Waals surface area contributed by atoms with Gasteiger partial charge in [0.05, 0.1) is 6.54 Å². The number of hydrogen-bond donors (Lipinski definition) is 2. The van der Waals surface area contributed by atoms with Crippen molar-refractivity contribution >= 4 is 22.0 Å². The first-order valence-electron chi connectivity index (χ1n) is 5.23. The molecule has 0 fully saturated rings. The first-order valence-corrected chi connectivity index (χ1v) is 6.02. The number of alkyl carbamates (subject to hydrolysis) is 1. The van der Waals surface area contributed by atoms with E-state index < -0.39 is 11.7 Å². The first-order chi connectivity index (χ1) is 7.79. The van der Waals surface area contributed by atoms with Gasteiger partial charge in [-0.1, -0.05) is 22.0 Å². The van der Waals surface area contributed by atoms with Gasteiger partial charge in [0.1, 0.15) is 11.4 Å². The molecule has 5 heteroatoms. The molecule has 0 atom stereocenters. The van der Waals surface area contributed by atoms with Crippen LogP contribution in [0.4, 0.5) is 4.79 Å². The third-order valence-corrected chi connectivity index (χ3v) is 2.65. The summed E-state index contributed by atoms with van der Waals surface area (Å²) in [6.07, 6.45) is -0.507. The highest BCUT2D eigenvalue weighted by Crippen LogP contribution is 2.25.